The summed E-state index contributed by atoms with van der Waals surface area (Å²) in [5.74, 6) is 0.0342. The zero-order valence-corrected chi connectivity index (χ0v) is 12.9. The summed E-state index contributed by atoms with van der Waals surface area (Å²) >= 11 is 5.82. The van der Waals surface area contributed by atoms with E-state index in [1.165, 1.54) is 6.33 Å². The van der Waals surface area contributed by atoms with Crippen LogP contribution in [0.5, 0.6) is 0 Å². The van der Waals surface area contributed by atoms with Gasteiger partial charge in [0.1, 0.15) is 19.3 Å². The lowest BCUT2D eigenvalue weighted by atomic mass is 9.88. The van der Waals surface area contributed by atoms with Crippen LogP contribution in [-0.2, 0) is 22.7 Å². The molecule has 0 aliphatic carbocycles. The molecule has 0 saturated heterocycles. The van der Waals surface area contributed by atoms with E-state index >= 15 is 0 Å². The SMILES string of the molecule is CC(C)(Cn1cncn1)C(=O)COCc1ccc(Cl)cc1. The van der Waals surface area contributed by atoms with Crippen molar-refractivity contribution < 1.29 is 9.53 Å². The molecule has 0 fully saturated rings. The lowest BCUT2D eigenvalue weighted by Gasteiger charge is -2.22. The van der Waals surface area contributed by atoms with Crippen LogP contribution >= 0.6 is 11.6 Å². The predicted molar refractivity (Wildman–Crippen MR) is 79.9 cm³/mol. The minimum Gasteiger partial charge on any atom is -0.369 e. The molecule has 21 heavy (non-hydrogen) atoms. The normalized spacial score (nSPS) is 11.6. The van der Waals surface area contributed by atoms with Gasteiger partial charge in [-0.2, -0.15) is 5.10 Å². The zero-order valence-electron chi connectivity index (χ0n) is 12.1. The lowest BCUT2D eigenvalue weighted by molar-refractivity contribution is -0.133. The Balaban J connectivity index is 1.82. The van der Waals surface area contributed by atoms with Crippen molar-refractivity contribution in [2.45, 2.75) is 27.0 Å². The molecule has 0 amide bonds. The van der Waals surface area contributed by atoms with Gasteiger partial charge in [-0.15, -0.1) is 0 Å². The van der Waals surface area contributed by atoms with Gasteiger partial charge < -0.3 is 4.74 Å². The van der Waals surface area contributed by atoms with Crippen LogP contribution in [0.2, 0.25) is 5.02 Å². The number of rotatable bonds is 7. The first kappa shape index (κ1) is 15.7. The maximum Gasteiger partial charge on any atom is 0.165 e. The molecule has 0 saturated carbocycles. The molecule has 6 heteroatoms. The minimum atomic E-state index is -0.548. The van der Waals surface area contributed by atoms with Crippen molar-refractivity contribution in [2.75, 3.05) is 6.61 Å². The number of halogens is 1. The summed E-state index contributed by atoms with van der Waals surface area (Å²) in [4.78, 5) is 16.1. The fourth-order valence-corrected chi connectivity index (χ4v) is 1.97. The average molecular weight is 308 g/mol. The van der Waals surface area contributed by atoms with Gasteiger partial charge >= 0.3 is 0 Å². The molecule has 2 rings (SSSR count). The molecule has 0 radical (unpaired) electrons. The molecule has 1 aromatic carbocycles. The van der Waals surface area contributed by atoms with Gasteiger partial charge in [0.15, 0.2) is 5.78 Å². The molecule has 0 bridgehead atoms. The van der Waals surface area contributed by atoms with Crippen LogP contribution < -0.4 is 0 Å². The van der Waals surface area contributed by atoms with Gasteiger partial charge in [-0.1, -0.05) is 37.6 Å². The Morgan fingerprint density at radius 3 is 2.67 bits per heavy atom. The summed E-state index contributed by atoms with van der Waals surface area (Å²) < 4.78 is 7.14. The van der Waals surface area contributed by atoms with E-state index < -0.39 is 5.41 Å². The lowest BCUT2D eigenvalue weighted by Crippen LogP contribution is -2.32. The van der Waals surface area contributed by atoms with Crippen LogP contribution in [0, 0.1) is 5.41 Å². The molecule has 0 aliphatic rings. The van der Waals surface area contributed by atoms with E-state index in [0.29, 0.717) is 18.2 Å². The van der Waals surface area contributed by atoms with E-state index in [9.17, 15) is 4.79 Å². The van der Waals surface area contributed by atoms with Crippen LogP contribution in [0.4, 0.5) is 0 Å². The molecule has 1 heterocycles. The number of carbonyl (C=O) groups excluding carboxylic acids is 1. The first-order chi connectivity index (χ1) is 9.97. The monoisotopic (exact) mass is 307 g/mol. The average Bonchev–Trinajstić information content (AvgIpc) is 2.93. The topological polar surface area (TPSA) is 57.0 Å². The highest BCUT2D eigenvalue weighted by Crippen LogP contribution is 2.19. The van der Waals surface area contributed by atoms with Gasteiger partial charge in [0.2, 0.25) is 0 Å². The second kappa shape index (κ2) is 6.83. The highest BCUT2D eigenvalue weighted by Gasteiger charge is 2.28. The van der Waals surface area contributed by atoms with E-state index in [-0.39, 0.29) is 12.4 Å². The Hall–Kier alpha value is -1.72. The summed E-state index contributed by atoms with van der Waals surface area (Å²) in [5.41, 5.74) is 0.439. The smallest absolute Gasteiger partial charge is 0.165 e. The van der Waals surface area contributed by atoms with Gasteiger partial charge in [-0.05, 0) is 17.7 Å². The maximum absolute atomic E-state index is 12.2. The highest BCUT2D eigenvalue weighted by molar-refractivity contribution is 6.30. The third-order valence-corrected chi connectivity index (χ3v) is 3.45. The summed E-state index contributed by atoms with van der Waals surface area (Å²) in [7, 11) is 0. The molecule has 1 aromatic heterocycles. The number of aromatic nitrogens is 3. The standard InChI is InChI=1S/C15H18ClN3O2/c1-15(2,9-19-11-17-10-18-19)14(20)8-21-7-12-3-5-13(16)6-4-12/h3-6,10-11H,7-9H2,1-2H3. The van der Waals surface area contributed by atoms with E-state index in [4.69, 9.17) is 16.3 Å². The molecule has 0 aliphatic heterocycles. The number of hydrogen-bond donors (Lipinski definition) is 0. The molecule has 5 nitrogen and oxygen atoms in total. The quantitative estimate of drug-likeness (QED) is 0.789. The predicted octanol–water partition coefficient (Wildman–Crippen LogP) is 2.74. The van der Waals surface area contributed by atoms with Crippen molar-refractivity contribution in [3.63, 3.8) is 0 Å². The van der Waals surface area contributed by atoms with Crippen molar-refractivity contribution in [1.82, 2.24) is 14.8 Å². The molecular weight excluding hydrogens is 290 g/mol. The summed E-state index contributed by atoms with van der Waals surface area (Å²) in [6.07, 6.45) is 3.06. The van der Waals surface area contributed by atoms with Gasteiger partial charge in [0, 0.05) is 10.4 Å². The largest absolute Gasteiger partial charge is 0.369 e. The Morgan fingerprint density at radius 1 is 1.33 bits per heavy atom. The number of benzene rings is 1. The molecule has 0 N–H and O–H groups in total. The fraction of sp³-hybridized carbons (Fsp3) is 0.400. The van der Waals surface area contributed by atoms with E-state index in [1.54, 1.807) is 23.1 Å². The molecular formula is C15H18ClN3O2. The number of Topliss-reactive ketones (excluding diaryl/α,β-unsaturated/α-hetero) is 1. The fourth-order valence-electron chi connectivity index (χ4n) is 1.85. The number of nitrogens with zero attached hydrogens (tertiary/aromatic N) is 3. The minimum absolute atomic E-state index is 0.0342. The Kier molecular flexibility index (Phi) is 5.09. The zero-order chi connectivity index (χ0) is 15.3. The molecule has 2 aromatic rings. The van der Waals surface area contributed by atoms with Crippen LogP contribution in [0.25, 0.3) is 0 Å². The molecule has 112 valence electrons. The number of hydrogen-bond acceptors (Lipinski definition) is 4. The van der Waals surface area contributed by atoms with Gasteiger partial charge in [-0.3, -0.25) is 9.48 Å². The van der Waals surface area contributed by atoms with Crippen molar-refractivity contribution in [2.24, 2.45) is 5.41 Å². The maximum atomic E-state index is 12.2. The van der Waals surface area contributed by atoms with Gasteiger partial charge in [0.25, 0.3) is 0 Å². The first-order valence-electron chi connectivity index (χ1n) is 6.65. The Morgan fingerprint density at radius 2 is 2.05 bits per heavy atom. The summed E-state index contributed by atoms with van der Waals surface area (Å²) in [6.45, 7) is 4.70. The third kappa shape index (κ3) is 4.65. The van der Waals surface area contributed by atoms with Crippen LogP contribution in [0.15, 0.2) is 36.9 Å². The Labute approximate surface area is 128 Å². The van der Waals surface area contributed by atoms with Crippen LogP contribution in [0.1, 0.15) is 19.4 Å². The van der Waals surface area contributed by atoms with Crippen molar-refractivity contribution in [3.8, 4) is 0 Å². The van der Waals surface area contributed by atoms with E-state index in [2.05, 4.69) is 10.1 Å². The third-order valence-electron chi connectivity index (χ3n) is 3.19. The highest BCUT2D eigenvalue weighted by atomic mass is 35.5. The van der Waals surface area contributed by atoms with Crippen LogP contribution in [0.3, 0.4) is 0 Å². The summed E-state index contributed by atoms with van der Waals surface area (Å²) in [6, 6.07) is 7.37. The molecule has 0 atom stereocenters. The molecule has 0 unspecified atom stereocenters. The van der Waals surface area contributed by atoms with Crippen LogP contribution in [-0.4, -0.2) is 27.2 Å². The number of ketones is 1. The number of carbonyl (C=O) groups is 1. The first-order valence-corrected chi connectivity index (χ1v) is 7.03. The molecule has 0 spiro atoms. The Bertz CT molecular complexity index is 579. The van der Waals surface area contributed by atoms with Crippen molar-refractivity contribution >= 4 is 17.4 Å². The van der Waals surface area contributed by atoms with Gasteiger partial charge in [-0.25, -0.2) is 4.98 Å². The van der Waals surface area contributed by atoms with Crippen molar-refractivity contribution in [1.29, 1.82) is 0 Å². The van der Waals surface area contributed by atoms with E-state index in [0.717, 1.165) is 5.56 Å². The van der Waals surface area contributed by atoms with E-state index in [1.807, 2.05) is 26.0 Å². The second-order valence-electron chi connectivity index (χ2n) is 5.52. The number of ether oxygens (including phenoxy) is 1. The second-order valence-corrected chi connectivity index (χ2v) is 5.96. The van der Waals surface area contributed by atoms with Crippen molar-refractivity contribution in [3.05, 3.63) is 47.5 Å². The van der Waals surface area contributed by atoms with Gasteiger partial charge in [0.05, 0.1) is 13.2 Å². The summed E-state index contributed by atoms with van der Waals surface area (Å²) in [5, 5.41) is 4.70.